The molecule has 1 heterocycles. The second-order valence-electron chi connectivity index (χ2n) is 7.58. The van der Waals surface area contributed by atoms with Crippen molar-refractivity contribution >= 4 is 12.6 Å². The van der Waals surface area contributed by atoms with Crippen molar-refractivity contribution in [3.8, 4) is 5.75 Å². The Morgan fingerprint density at radius 3 is 2.30 bits per heavy atom. The number of nitrogens with zero attached hydrogens (tertiary/aromatic N) is 1. The Balaban J connectivity index is 1.98. The van der Waals surface area contributed by atoms with E-state index in [-0.39, 0.29) is 18.3 Å². The zero-order chi connectivity index (χ0) is 17.3. The van der Waals surface area contributed by atoms with Gasteiger partial charge < -0.3 is 18.9 Å². The molecule has 1 aliphatic heterocycles. The van der Waals surface area contributed by atoms with Crippen LogP contribution in [0.15, 0.2) is 24.3 Å². The van der Waals surface area contributed by atoms with Crippen LogP contribution in [0.2, 0.25) is 0 Å². The molecule has 1 aliphatic rings. The largest absolute Gasteiger partial charge is 0.494 e. The summed E-state index contributed by atoms with van der Waals surface area (Å²) in [5.74, 6) is 0.856. The molecule has 23 heavy (non-hydrogen) atoms. The Hall–Kier alpha value is -1.04. The summed E-state index contributed by atoms with van der Waals surface area (Å²) in [7, 11) is 1.76. The van der Waals surface area contributed by atoms with Gasteiger partial charge in [0.2, 0.25) is 0 Å². The molecule has 0 atom stereocenters. The maximum Gasteiger partial charge on any atom is 0.494 e. The van der Waals surface area contributed by atoms with Crippen molar-refractivity contribution < 1.29 is 14.0 Å². The third-order valence-electron chi connectivity index (χ3n) is 4.98. The van der Waals surface area contributed by atoms with Gasteiger partial charge in [-0.1, -0.05) is 12.1 Å². The first-order valence-electron chi connectivity index (χ1n) is 8.41. The molecule has 4 nitrogen and oxygen atoms in total. The van der Waals surface area contributed by atoms with Crippen LogP contribution in [0.5, 0.6) is 5.75 Å². The second kappa shape index (κ2) is 6.84. The van der Waals surface area contributed by atoms with Crippen LogP contribution in [0, 0.1) is 0 Å². The fourth-order valence-electron chi connectivity index (χ4n) is 2.30. The summed E-state index contributed by atoms with van der Waals surface area (Å²) in [6.45, 7) is 14.2. The lowest BCUT2D eigenvalue weighted by molar-refractivity contribution is 0.00578. The molecule has 0 unspecified atom stereocenters. The number of hydrogen-bond acceptors (Lipinski definition) is 4. The van der Waals surface area contributed by atoms with Gasteiger partial charge in [0.1, 0.15) is 12.4 Å². The van der Waals surface area contributed by atoms with Gasteiger partial charge >= 0.3 is 7.12 Å². The minimum absolute atomic E-state index is 0.325. The van der Waals surface area contributed by atoms with Gasteiger partial charge in [-0.2, -0.15) is 0 Å². The predicted molar refractivity (Wildman–Crippen MR) is 95.4 cm³/mol. The Kier molecular flexibility index (Phi) is 5.44. The Morgan fingerprint density at radius 2 is 1.74 bits per heavy atom. The summed E-state index contributed by atoms with van der Waals surface area (Å²) in [4.78, 5) is 2.26. The zero-order valence-electron chi connectivity index (χ0n) is 15.6. The molecule has 0 spiro atoms. The summed E-state index contributed by atoms with van der Waals surface area (Å²) in [5.41, 5.74) is 0.349. The Labute approximate surface area is 141 Å². The minimum Gasteiger partial charge on any atom is -0.492 e. The molecule has 0 bridgehead atoms. The van der Waals surface area contributed by atoms with Gasteiger partial charge in [-0.25, -0.2) is 0 Å². The van der Waals surface area contributed by atoms with E-state index in [0.29, 0.717) is 12.6 Å². The summed E-state index contributed by atoms with van der Waals surface area (Å²) in [6, 6.07) is 8.52. The van der Waals surface area contributed by atoms with Crippen LogP contribution in [0.25, 0.3) is 0 Å². The standard InChI is InChI=1S/C18H30BNO3/c1-14(2)20(7)11-12-21-16-10-8-9-15(13-16)19-22-17(3,4)18(5,6)23-19/h8-10,13-14H,11-12H2,1-7H3. The van der Waals surface area contributed by atoms with Gasteiger partial charge in [0.15, 0.2) is 0 Å². The molecule has 0 radical (unpaired) electrons. The topological polar surface area (TPSA) is 30.9 Å². The molecule has 0 amide bonds. The van der Waals surface area contributed by atoms with E-state index in [1.54, 1.807) is 0 Å². The van der Waals surface area contributed by atoms with E-state index in [2.05, 4.69) is 53.5 Å². The third-order valence-corrected chi connectivity index (χ3v) is 4.98. The highest BCUT2D eigenvalue weighted by molar-refractivity contribution is 6.62. The van der Waals surface area contributed by atoms with Crippen molar-refractivity contribution in [2.75, 3.05) is 20.2 Å². The Morgan fingerprint density at radius 1 is 1.13 bits per heavy atom. The molecule has 128 valence electrons. The van der Waals surface area contributed by atoms with Crippen molar-refractivity contribution in [2.45, 2.75) is 58.8 Å². The van der Waals surface area contributed by atoms with Crippen molar-refractivity contribution in [2.24, 2.45) is 0 Å². The molecular weight excluding hydrogens is 289 g/mol. The van der Waals surface area contributed by atoms with E-state index in [0.717, 1.165) is 17.8 Å². The normalized spacial score (nSPS) is 19.6. The molecule has 1 saturated heterocycles. The Bertz CT molecular complexity index is 515. The number of ether oxygens (including phenoxy) is 1. The SMILES string of the molecule is CC(C)N(C)CCOc1cccc(B2OC(C)(C)C(C)(C)O2)c1. The van der Waals surface area contributed by atoms with Crippen molar-refractivity contribution in [3.63, 3.8) is 0 Å². The van der Waals surface area contributed by atoms with Gasteiger partial charge in [-0.3, -0.25) is 0 Å². The first-order chi connectivity index (χ1) is 10.6. The highest BCUT2D eigenvalue weighted by atomic mass is 16.7. The molecule has 0 saturated carbocycles. The molecule has 0 aromatic heterocycles. The van der Waals surface area contributed by atoms with Gasteiger partial charge in [-0.15, -0.1) is 0 Å². The average Bonchev–Trinajstić information content (AvgIpc) is 2.67. The van der Waals surface area contributed by atoms with E-state index in [1.165, 1.54) is 0 Å². The van der Waals surface area contributed by atoms with E-state index in [9.17, 15) is 0 Å². The fraction of sp³-hybridized carbons (Fsp3) is 0.667. The van der Waals surface area contributed by atoms with Crippen LogP contribution < -0.4 is 10.2 Å². The van der Waals surface area contributed by atoms with Gasteiger partial charge in [0.25, 0.3) is 0 Å². The van der Waals surface area contributed by atoms with Crippen molar-refractivity contribution in [1.29, 1.82) is 0 Å². The maximum absolute atomic E-state index is 6.09. The van der Waals surface area contributed by atoms with Crippen LogP contribution in [-0.4, -0.2) is 49.5 Å². The van der Waals surface area contributed by atoms with Crippen molar-refractivity contribution in [1.82, 2.24) is 4.90 Å². The molecule has 1 fully saturated rings. The van der Waals surface area contributed by atoms with Crippen LogP contribution in [0.4, 0.5) is 0 Å². The van der Waals surface area contributed by atoms with Crippen molar-refractivity contribution in [3.05, 3.63) is 24.3 Å². The first-order valence-corrected chi connectivity index (χ1v) is 8.41. The van der Waals surface area contributed by atoms with Gasteiger partial charge in [0, 0.05) is 12.6 Å². The second-order valence-corrected chi connectivity index (χ2v) is 7.58. The highest BCUT2D eigenvalue weighted by Crippen LogP contribution is 2.36. The summed E-state index contributed by atoms with van der Waals surface area (Å²) < 4.78 is 18.1. The predicted octanol–water partition coefficient (Wildman–Crippen LogP) is 2.70. The molecular formula is C18H30BNO3. The van der Waals surface area contributed by atoms with Gasteiger partial charge in [0.05, 0.1) is 11.2 Å². The summed E-state index contributed by atoms with van der Waals surface area (Å²) in [6.07, 6.45) is 0. The molecule has 0 N–H and O–H groups in total. The monoisotopic (exact) mass is 319 g/mol. The van der Waals surface area contributed by atoms with Crippen LogP contribution in [0.1, 0.15) is 41.5 Å². The van der Waals surface area contributed by atoms with Crippen LogP contribution >= 0.6 is 0 Å². The first kappa shape index (κ1) is 18.3. The average molecular weight is 319 g/mol. The number of rotatable bonds is 6. The van der Waals surface area contributed by atoms with E-state index < -0.39 is 0 Å². The zero-order valence-corrected chi connectivity index (χ0v) is 15.6. The summed E-state index contributed by atoms with van der Waals surface area (Å²) >= 11 is 0. The highest BCUT2D eigenvalue weighted by Gasteiger charge is 2.51. The van der Waals surface area contributed by atoms with Gasteiger partial charge in [-0.05, 0) is 66.2 Å². The molecule has 0 aliphatic carbocycles. The number of benzene rings is 1. The lowest BCUT2D eigenvalue weighted by atomic mass is 9.79. The van der Waals surface area contributed by atoms with Crippen LogP contribution in [0.3, 0.4) is 0 Å². The van der Waals surface area contributed by atoms with Crippen LogP contribution in [-0.2, 0) is 9.31 Å². The van der Waals surface area contributed by atoms with E-state index >= 15 is 0 Å². The molecule has 2 rings (SSSR count). The maximum atomic E-state index is 6.09. The smallest absolute Gasteiger partial charge is 0.492 e. The quantitative estimate of drug-likeness (QED) is 0.755. The number of likely N-dealkylation sites (N-methyl/N-ethyl adjacent to an activating group) is 1. The minimum atomic E-state index is -0.345. The number of hydrogen-bond donors (Lipinski definition) is 0. The third kappa shape index (κ3) is 4.28. The molecule has 1 aromatic carbocycles. The lowest BCUT2D eigenvalue weighted by Gasteiger charge is -2.32. The summed E-state index contributed by atoms with van der Waals surface area (Å²) in [5, 5.41) is 0. The molecule has 5 heteroatoms. The van der Waals surface area contributed by atoms with E-state index in [1.807, 2.05) is 24.3 Å². The fourth-order valence-corrected chi connectivity index (χ4v) is 2.30. The lowest BCUT2D eigenvalue weighted by Crippen LogP contribution is -2.41. The van der Waals surface area contributed by atoms with E-state index in [4.69, 9.17) is 14.0 Å². The molecule has 1 aromatic rings.